The van der Waals surface area contributed by atoms with Crippen LogP contribution in [-0.4, -0.2) is 47.2 Å². The smallest absolute Gasteiger partial charge is 0.273 e. The van der Waals surface area contributed by atoms with Crippen LogP contribution < -0.4 is 11.1 Å². The summed E-state index contributed by atoms with van der Waals surface area (Å²) >= 11 is 0. The summed E-state index contributed by atoms with van der Waals surface area (Å²) < 4.78 is 0. The van der Waals surface area contributed by atoms with Gasteiger partial charge < -0.3 is 16.0 Å². The standard InChI is InChI=1S/C13H23N5O/c1-3-4-10-11(14)12(17-16-10)13(19)15-7-8-18(2)9-5-6-9/h9H,3-8,14H2,1-2H3,(H,15,19)(H,16,17). The Morgan fingerprint density at radius 2 is 2.32 bits per heavy atom. The molecule has 1 aliphatic rings. The monoisotopic (exact) mass is 265 g/mol. The minimum absolute atomic E-state index is 0.194. The van der Waals surface area contributed by atoms with Crippen molar-refractivity contribution in [2.24, 2.45) is 0 Å². The number of anilines is 1. The molecule has 1 amide bonds. The number of aromatic amines is 1. The molecule has 0 atom stereocenters. The zero-order valence-corrected chi connectivity index (χ0v) is 11.7. The Balaban J connectivity index is 1.81. The van der Waals surface area contributed by atoms with Gasteiger partial charge in [0.25, 0.3) is 5.91 Å². The predicted octanol–water partition coefficient (Wildman–Crippen LogP) is 0.768. The number of nitrogens with one attached hydrogen (secondary N) is 2. The third-order valence-corrected chi connectivity index (χ3v) is 3.52. The summed E-state index contributed by atoms with van der Waals surface area (Å²) in [5.41, 5.74) is 7.56. The van der Waals surface area contributed by atoms with Crippen molar-refractivity contribution >= 4 is 11.6 Å². The maximum Gasteiger partial charge on any atom is 0.273 e. The molecule has 106 valence electrons. The summed E-state index contributed by atoms with van der Waals surface area (Å²) in [5.74, 6) is -0.194. The second kappa shape index (κ2) is 6.06. The average Bonchev–Trinajstić information content (AvgIpc) is 3.16. The van der Waals surface area contributed by atoms with Crippen LogP contribution in [0.15, 0.2) is 0 Å². The molecule has 6 nitrogen and oxygen atoms in total. The van der Waals surface area contributed by atoms with Crippen molar-refractivity contribution < 1.29 is 4.79 Å². The Morgan fingerprint density at radius 1 is 1.58 bits per heavy atom. The van der Waals surface area contributed by atoms with E-state index < -0.39 is 0 Å². The third-order valence-electron chi connectivity index (χ3n) is 3.52. The van der Waals surface area contributed by atoms with Crippen molar-refractivity contribution in [3.05, 3.63) is 11.4 Å². The van der Waals surface area contributed by atoms with E-state index in [2.05, 4.69) is 34.4 Å². The van der Waals surface area contributed by atoms with Crippen molar-refractivity contribution in [2.45, 2.75) is 38.6 Å². The van der Waals surface area contributed by atoms with E-state index in [1.807, 2.05) is 0 Å². The van der Waals surface area contributed by atoms with E-state index >= 15 is 0 Å². The first-order valence-electron chi connectivity index (χ1n) is 6.94. The Bertz CT molecular complexity index is 438. The van der Waals surface area contributed by atoms with Gasteiger partial charge in [0, 0.05) is 19.1 Å². The van der Waals surface area contributed by atoms with Gasteiger partial charge in [0.15, 0.2) is 5.69 Å². The Morgan fingerprint density at radius 3 is 2.95 bits per heavy atom. The average molecular weight is 265 g/mol. The van der Waals surface area contributed by atoms with Crippen LogP contribution in [0.2, 0.25) is 0 Å². The summed E-state index contributed by atoms with van der Waals surface area (Å²) in [6.07, 6.45) is 4.34. The molecule has 1 aromatic heterocycles. The van der Waals surface area contributed by atoms with Crippen molar-refractivity contribution in [3.63, 3.8) is 0 Å². The van der Waals surface area contributed by atoms with Gasteiger partial charge >= 0.3 is 0 Å². The lowest BCUT2D eigenvalue weighted by Crippen LogP contribution is -2.34. The van der Waals surface area contributed by atoms with Crippen LogP contribution >= 0.6 is 0 Å². The topological polar surface area (TPSA) is 87.0 Å². The number of aromatic nitrogens is 2. The number of hydrogen-bond donors (Lipinski definition) is 3. The number of rotatable bonds is 7. The molecule has 1 heterocycles. The Labute approximate surface area is 113 Å². The summed E-state index contributed by atoms with van der Waals surface area (Å²) in [5, 5.41) is 9.71. The molecule has 1 aliphatic carbocycles. The summed E-state index contributed by atoms with van der Waals surface area (Å²) in [4.78, 5) is 14.2. The number of hydrogen-bond acceptors (Lipinski definition) is 4. The molecule has 0 radical (unpaired) electrons. The Kier molecular flexibility index (Phi) is 4.42. The summed E-state index contributed by atoms with van der Waals surface area (Å²) in [7, 11) is 2.09. The number of carbonyl (C=O) groups is 1. The van der Waals surface area contributed by atoms with E-state index in [9.17, 15) is 4.79 Å². The summed E-state index contributed by atoms with van der Waals surface area (Å²) in [6.45, 7) is 3.55. The molecular formula is C13H23N5O. The normalized spacial score (nSPS) is 14.9. The van der Waals surface area contributed by atoms with Gasteiger partial charge in [-0.3, -0.25) is 9.89 Å². The predicted molar refractivity (Wildman–Crippen MR) is 75.0 cm³/mol. The second-order valence-electron chi connectivity index (χ2n) is 5.18. The highest BCUT2D eigenvalue weighted by Gasteiger charge is 2.25. The zero-order valence-electron chi connectivity index (χ0n) is 11.7. The number of aryl methyl sites for hydroxylation is 1. The lowest BCUT2D eigenvalue weighted by molar-refractivity contribution is 0.0945. The first kappa shape index (κ1) is 13.9. The minimum atomic E-state index is -0.194. The fourth-order valence-electron chi connectivity index (χ4n) is 2.13. The number of nitrogen functional groups attached to an aromatic ring is 1. The van der Waals surface area contributed by atoms with Gasteiger partial charge in [-0.15, -0.1) is 0 Å². The van der Waals surface area contributed by atoms with Gasteiger partial charge in [-0.2, -0.15) is 5.10 Å². The van der Waals surface area contributed by atoms with E-state index in [4.69, 9.17) is 5.73 Å². The molecule has 1 fully saturated rings. The molecule has 0 unspecified atom stereocenters. The fourth-order valence-corrected chi connectivity index (χ4v) is 2.13. The molecule has 0 spiro atoms. The van der Waals surface area contributed by atoms with Crippen LogP contribution in [0.5, 0.6) is 0 Å². The number of nitrogens with zero attached hydrogens (tertiary/aromatic N) is 2. The van der Waals surface area contributed by atoms with E-state index in [1.165, 1.54) is 12.8 Å². The van der Waals surface area contributed by atoms with Crippen LogP contribution in [0.1, 0.15) is 42.4 Å². The number of carbonyl (C=O) groups excluding carboxylic acids is 1. The largest absolute Gasteiger partial charge is 0.395 e. The van der Waals surface area contributed by atoms with Gasteiger partial charge in [0.2, 0.25) is 0 Å². The van der Waals surface area contributed by atoms with Gasteiger partial charge in [-0.05, 0) is 26.3 Å². The molecule has 4 N–H and O–H groups in total. The molecule has 6 heteroatoms. The molecular weight excluding hydrogens is 242 g/mol. The van der Waals surface area contributed by atoms with E-state index in [-0.39, 0.29) is 5.91 Å². The second-order valence-corrected chi connectivity index (χ2v) is 5.18. The number of likely N-dealkylation sites (N-methyl/N-ethyl adjacent to an activating group) is 1. The van der Waals surface area contributed by atoms with Crippen molar-refractivity contribution in [3.8, 4) is 0 Å². The maximum absolute atomic E-state index is 12.0. The van der Waals surface area contributed by atoms with Crippen molar-refractivity contribution in [1.29, 1.82) is 0 Å². The van der Waals surface area contributed by atoms with Crippen LogP contribution in [0, 0.1) is 0 Å². The van der Waals surface area contributed by atoms with Crippen LogP contribution in [-0.2, 0) is 6.42 Å². The highest BCUT2D eigenvalue weighted by molar-refractivity contribution is 5.97. The van der Waals surface area contributed by atoms with Crippen LogP contribution in [0.25, 0.3) is 0 Å². The number of amides is 1. The SMILES string of the molecule is CCCc1[nH]nc(C(=O)NCCN(C)C2CC2)c1N. The van der Waals surface area contributed by atoms with E-state index in [0.717, 1.165) is 25.1 Å². The lowest BCUT2D eigenvalue weighted by atomic mass is 10.2. The van der Waals surface area contributed by atoms with Gasteiger partial charge in [0.05, 0.1) is 11.4 Å². The van der Waals surface area contributed by atoms with Gasteiger partial charge in [-0.1, -0.05) is 13.3 Å². The number of nitrogens with two attached hydrogens (primary N) is 1. The zero-order chi connectivity index (χ0) is 13.8. The number of H-pyrrole nitrogens is 1. The van der Waals surface area contributed by atoms with E-state index in [0.29, 0.717) is 24.0 Å². The first-order valence-corrected chi connectivity index (χ1v) is 6.94. The highest BCUT2D eigenvalue weighted by atomic mass is 16.1. The van der Waals surface area contributed by atoms with E-state index in [1.54, 1.807) is 0 Å². The lowest BCUT2D eigenvalue weighted by Gasteiger charge is -2.15. The quantitative estimate of drug-likeness (QED) is 0.679. The molecule has 0 aliphatic heterocycles. The Hall–Kier alpha value is -1.56. The van der Waals surface area contributed by atoms with Crippen molar-refractivity contribution in [2.75, 3.05) is 25.9 Å². The highest BCUT2D eigenvalue weighted by Crippen LogP contribution is 2.24. The van der Waals surface area contributed by atoms with Gasteiger partial charge in [-0.25, -0.2) is 0 Å². The van der Waals surface area contributed by atoms with Crippen LogP contribution in [0.4, 0.5) is 5.69 Å². The molecule has 0 aromatic carbocycles. The summed E-state index contributed by atoms with van der Waals surface area (Å²) in [6, 6.07) is 0.712. The molecule has 1 aromatic rings. The van der Waals surface area contributed by atoms with Crippen LogP contribution in [0.3, 0.4) is 0 Å². The third kappa shape index (κ3) is 3.47. The first-order chi connectivity index (χ1) is 9.13. The minimum Gasteiger partial charge on any atom is -0.395 e. The molecule has 1 saturated carbocycles. The molecule has 19 heavy (non-hydrogen) atoms. The molecule has 0 bridgehead atoms. The molecule has 2 rings (SSSR count). The maximum atomic E-state index is 12.0. The fraction of sp³-hybridized carbons (Fsp3) is 0.692. The van der Waals surface area contributed by atoms with Gasteiger partial charge in [0.1, 0.15) is 0 Å². The van der Waals surface area contributed by atoms with Crippen molar-refractivity contribution in [1.82, 2.24) is 20.4 Å². The molecule has 0 saturated heterocycles.